The van der Waals surface area contributed by atoms with Crippen LogP contribution in [0.2, 0.25) is 0 Å². The summed E-state index contributed by atoms with van der Waals surface area (Å²) < 4.78 is 5.54. The second-order valence-electron chi connectivity index (χ2n) is 6.66. The zero-order valence-corrected chi connectivity index (χ0v) is 15.5. The van der Waals surface area contributed by atoms with E-state index in [0.717, 1.165) is 29.7 Å². The molecule has 0 saturated carbocycles. The van der Waals surface area contributed by atoms with Gasteiger partial charge in [-0.2, -0.15) is 0 Å². The van der Waals surface area contributed by atoms with Crippen LogP contribution in [0, 0.1) is 0 Å². The van der Waals surface area contributed by atoms with Crippen molar-refractivity contribution in [3.63, 3.8) is 0 Å². The van der Waals surface area contributed by atoms with E-state index in [-0.39, 0.29) is 11.8 Å². The summed E-state index contributed by atoms with van der Waals surface area (Å²) in [5.41, 5.74) is 3.80. The lowest BCUT2D eigenvalue weighted by atomic mass is 10.0. The fourth-order valence-electron chi connectivity index (χ4n) is 3.13. The summed E-state index contributed by atoms with van der Waals surface area (Å²) in [6.07, 6.45) is 2.74. The Morgan fingerprint density at radius 1 is 1.14 bits per heavy atom. The Kier molecular flexibility index (Phi) is 4.89. The van der Waals surface area contributed by atoms with Gasteiger partial charge in [-0.15, -0.1) is 10.2 Å². The highest BCUT2D eigenvalue weighted by atomic mass is 16.4. The molecule has 1 aromatic heterocycles. The number of rotatable bonds is 4. The van der Waals surface area contributed by atoms with Crippen molar-refractivity contribution in [3.8, 4) is 11.5 Å². The number of aryl methyl sites for hydroxylation is 2. The van der Waals surface area contributed by atoms with Crippen molar-refractivity contribution >= 4 is 23.2 Å². The van der Waals surface area contributed by atoms with Gasteiger partial charge in [-0.25, -0.2) is 0 Å². The molecule has 2 amide bonds. The molecule has 1 aliphatic heterocycles. The molecule has 7 heteroatoms. The first kappa shape index (κ1) is 17.9. The summed E-state index contributed by atoms with van der Waals surface area (Å²) >= 11 is 0. The lowest BCUT2D eigenvalue weighted by Crippen LogP contribution is -2.13. The number of amides is 2. The highest BCUT2D eigenvalue weighted by molar-refractivity contribution is 6.05. The molecule has 7 nitrogen and oxygen atoms in total. The number of nitrogens with zero attached hydrogens (tertiary/aromatic N) is 2. The van der Waals surface area contributed by atoms with Crippen LogP contribution >= 0.6 is 0 Å². The van der Waals surface area contributed by atoms with Gasteiger partial charge < -0.3 is 15.1 Å². The topological polar surface area (TPSA) is 97.1 Å². The van der Waals surface area contributed by atoms with Crippen molar-refractivity contribution in [2.75, 3.05) is 10.6 Å². The third-order valence-corrected chi connectivity index (χ3v) is 4.65. The Balaban J connectivity index is 1.47. The minimum absolute atomic E-state index is 0.0170. The molecule has 0 spiro atoms. The van der Waals surface area contributed by atoms with E-state index in [1.165, 1.54) is 0 Å². The zero-order chi connectivity index (χ0) is 19.5. The van der Waals surface area contributed by atoms with Gasteiger partial charge >= 0.3 is 0 Å². The number of carbonyl (C=O) groups excluding carboxylic acids is 2. The smallest absolute Gasteiger partial charge is 0.255 e. The van der Waals surface area contributed by atoms with E-state index in [9.17, 15) is 9.59 Å². The van der Waals surface area contributed by atoms with Crippen LogP contribution in [-0.4, -0.2) is 22.0 Å². The van der Waals surface area contributed by atoms with Crippen LogP contribution in [-0.2, 0) is 17.6 Å². The van der Waals surface area contributed by atoms with Gasteiger partial charge in [-0.05, 0) is 60.9 Å². The second-order valence-corrected chi connectivity index (χ2v) is 6.66. The highest BCUT2D eigenvalue weighted by Gasteiger charge is 2.15. The fourth-order valence-corrected chi connectivity index (χ4v) is 3.13. The summed E-state index contributed by atoms with van der Waals surface area (Å²) in [6, 6.07) is 12.6. The number of hydrogen-bond donors (Lipinski definition) is 2. The number of anilines is 2. The normalized spacial score (nSPS) is 13.4. The molecule has 2 aromatic carbocycles. The highest BCUT2D eigenvalue weighted by Crippen LogP contribution is 2.24. The maximum atomic E-state index is 12.6. The van der Waals surface area contributed by atoms with Gasteiger partial charge in [0.05, 0.1) is 0 Å². The monoisotopic (exact) mass is 376 g/mol. The third kappa shape index (κ3) is 3.78. The van der Waals surface area contributed by atoms with Crippen molar-refractivity contribution in [3.05, 3.63) is 59.5 Å². The largest absolute Gasteiger partial charge is 0.421 e. The first-order chi connectivity index (χ1) is 13.6. The standard InChI is InChI=1S/C21H20N4O3/c1-2-19-24-25-21(28-19)13-6-9-16(10-7-13)22-20(27)15-8-11-17-14(12-15)4-3-5-18(26)23-17/h6-12H,2-5H2,1H3,(H,22,27)(H,23,26). The molecule has 28 heavy (non-hydrogen) atoms. The van der Waals surface area contributed by atoms with E-state index < -0.39 is 0 Å². The predicted octanol–water partition coefficient (Wildman–Crippen LogP) is 3.83. The number of benzene rings is 2. The van der Waals surface area contributed by atoms with Crippen LogP contribution in [0.25, 0.3) is 11.5 Å². The van der Waals surface area contributed by atoms with E-state index in [2.05, 4.69) is 20.8 Å². The van der Waals surface area contributed by atoms with Crippen molar-refractivity contribution in [1.82, 2.24) is 10.2 Å². The minimum Gasteiger partial charge on any atom is -0.421 e. The molecule has 0 unspecified atom stereocenters. The molecular weight excluding hydrogens is 356 g/mol. The van der Waals surface area contributed by atoms with Crippen LogP contribution < -0.4 is 10.6 Å². The lowest BCUT2D eigenvalue weighted by Gasteiger charge is -2.10. The molecule has 0 bridgehead atoms. The Morgan fingerprint density at radius 2 is 1.96 bits per heavy atom. The van der Waals surface area contributed by atoms with Gasteiger partial charge in [0.1, 0.15) is 0 Å². The first-order valence-electron chi connectivity index (χ1n) is 9.29. The molecule has 0 radical (unpaired) electrons. The van der Waals surface area contributed by atoms with E-state index in [1.54, 1.807) is 24.3 Å². The average Bonchev–Trinajstić information content (AvgIpc) is 3.11. The summed E-state index contributed by atoms with van der Waals surface area (Å²) in [7, 11) is 0. The second kappa shape index (κ2) is 7.64. The third-order valence-electron chi connectivity index (χ3n) is 4.65. The Labute approximate surface area is 162 Å². The molecule has 2 heterocycles. The van der Waals surface area contributed by atoms with Crippen LogP contribution in [0.4, 0.5) is 11.4 Å². The van der Waals surface area contributed by atoms with Gasteiger partial charge in [0.15, 0.2) is 0 Å². The predicted molar refractivity (Wildman–Crippen MR) is 105 cm³/mol. The van der Waals surface area contributed by atoms with Gasteiger partial charge in [0.2, 0.25) is 17.7 Å². The van der Waals surface area contributed by atoms with Crippen molar-refractivity contribution in [2.45, 2.75) is 32.6 Å². The van der Waals surface area contributed by atoms with Crippen LogP contribution in [0.15, 0.2) is 46.9 Å². The number of nitrogens with one attached hydrogen (secondary N) is 2. The van der Waals surface area contributed by atoms with Gasteiger partial charge in [0, 0.05) is 35.3 Å². The Hall–Kier alpha value is -3.48. The van der Waals surface area contributed by atoms with Crippen molar-refractivity contribution in [2.24, 2.45) is 0 Å². The summed E-state index contributed by atoms with van der Waals surface area (Å²) in [4.78, 5) is 24.3. The Bertz CT molecular complexity index is 1020. The summed E-state index contributed by atoms with van der Waals surface area (Å²) in [5, 5.41) is 13.7. The maximum Gasteiger partial charge on any atom is 0.255 e. The van der Waals surface area contributed by atoms with Crippen LogP contribution in [0.5, 0.6) is 0 Å². The van der Waals surface area contributed by atoms with Crippen LogP contribution in [0.1, 0.15) is 41.6 Å². The molecule has 0 atom stereocenters. The summed E-state index contributed by atoms with van der Waals surface area (Å²) in [6.45, 7) is 1.95. The zero-order valence-electron chi connectivity index (χ0n) is 15.5. The minimum atomic E-state index is -0.197. The quantitative estimate of drug-likeness (QED) is 0.721. The molecule has 142 valence electrons. The molecule has 4 rings (SSSR count). The Morgan fingerprint density at radius 3 is 2.71 bits per heavy atom. The lowest BCUT2D eigenvalue weighted by molar-refractivity contribution is -0.116. The average molecular weight is 376 g/mol. The number of fused-ring (bicyclic) bond motifs is 1. The van der Waals surface area contributed by atoms with Crippen LogP contribution in [0.3, 0.4) is 0 Å². The number of carbonyl (C=O) groups is 2. The first-order valence-corrected chi connectivity index (χ1v) is 9.29. The summed E-state index contributed by atoms with van der Waals surface area (Å²) in [5.74, 6) is 0.870. The molecule has 3 aromatic rings. The van der Waals surface area contributed by atoms with E-state index in [4.69, 9.17) is 4.42 Å². The SMILES string of the molecule is CCc1nnc(-c2ccc(NC(=O)c3ccc4c(c3)CCCC(=O)N4)cc2)o1. The van der Waals surface area contributed by atoms with Crippen molar-refractivity contribution in [1.29, 1.82) is 0 Å². The molecule has 0 fully saturated rings. The van der Waals surface area contributed by atoms with Crippen molar-refractivity contribution < 1.29 is 14.0 Å². The number of aromatic nitrogens is 2. The fraction of sp³-hybridized carbons (Fsp3) is 0.238. The van der Waals surface area contributed by atoms with Gasteiger partial charge in [0.25, 0.3) is 5.91 Å². The van der Waals surface area contributed by atoms with Gasteiger partial charge in [-0.1, -0.05) is 6.92 Å². The molecule has 2 N–H and O–H groups in total. The van der Waals surface area contributed by atoms with E-state index in [1.807, 2.05) is 25.1 Å². The molecule has 0 aliphatic carbocycles. The van der Waals surface area contributed by atoms with E-state index >= 15 is 0 Å². The van der Waals surface area contributed by atoms with Gasteiger partial charge in [-0.3, -0.25) is 9.59 Å². The molecular formula is C21H20N4O3. The molecule has 0 saturated heterocycles. The maximum absolute atomic E-state index is 12.6. The molecule has 1 aliphatic rings. The number of hydrogen-bond acceptors (Lipinski definition) is 5. The van der Waals surface area contributed by atoms with E-state index in [0.29, 0.717) is 35.9 Å².